The molecule has 1 N–H and O–H groups in total. The molecule has 1 aromatic carbocycles. The summed E-state index contributed by atoms with van der Waals surface area (Å²) in [5, 5.41) is 3.08. The Balaban J connectivity index is 1.92. The van der Waals surface area contributed by atoms with E-state index in [2.05, 4.69) is 11.4 Å². The predicted octanol–water partition coefficient (Wildman–Crippen LogP) is 2.99. The van der Waals surface area contributed by atoms with Crippen LogP contribution in [0, 0.1) is 5.41 Å². The summed E-state index contributed by atoms with van der Waals surface area (Å²) in [4.78, 5) is 23.8. The molecule has 0 bridgehead atoms. The van der Waals surface area contributed by atoms with Gasteiger partial charge < -0.3 is 5.32 Å². The van der Waals surface area contributed by atoms with Crippen LogP contribution < -0.4 is 5.32 Å². The number of rotatable bonds is 1. The largest absolute Gasteiger partial charge is 0.388 e. The van der Waals surface area contributed by atoms with Crippen LogP contribution in [0.5, 0.6) is 0 Å². The normalized spacial score (nSPS) is 21.3. The summed E-state index contributed by atoms with van der Waals surface area (Å²) in [5.74, 6) is 0.599. The lowest BCUT2D eigenvalue weighted by Crippen LogP contribution is -2.36. The molecule has 0 aliphatic heterocycles. The molecular weight excluding hydrogens is 238 g/mol. The molecule has 1 spiro atoms. The van der Waals surface area contributed by atoms with Gasteiger partial charge in [0.05, 0.1) is 0 Å². The van der Waals surface area contributed by atoms with Gasteiger partial charge in [0, 0.05) is 37.6 Å². The van der Waals surface area contributed by atoms with Gasteiger partial charge in [-0.1, -0.05) is 6.07 Å². The third-order valence-corrected chi connectivity index (χ3v) is 4.67. The maximum absolute atomic E-state index is 12.4. The highest BCUT2D eigenvalue weighted by atomic mass is 16.1. The molecule has 3 nitrogen and oxygen atoms in total. The number of fused-ring (bicyclic) bond motifs is 1. The SMILES string of the molecule is CNc1ccc2c(c1)C(=O)CC1(CCC(=O)CC1)C2. The number of Topliss-reactive ketones (excluding diaryl/α,β-unsaturated/α-hetero) is 2. The van der Waals surface area contributed by atoms with Crippen LogP contribution in [0.1, 0.15) is 48.0 Å². The minimum atomic E-state index is 0.0547. The maximum Gasteiger partial charge on any atom is 0.163 e. The van der Waals surface area contributed by atoms with Crippen LogP contribution in [-0.4, -0.2) is 18.6 Å². The minimum Gasteiger partial charge on any atom is -0.388 e. The zero-order chi connectivity index (χ0) is 13.5. The molecule has 0 radical (unpaired) electrons. The van der Waals surface area contributed by atoms with Crippen molar-refractivity contribution in [2.45, 2.75) is 38.5 Å². The number of carbonyl (C=O) groups excluding carboxylic acids is 2. The topological polar surface area (TPSA) is 46.2 Å². The summed E-state index contributed by atoms with van der Waals surface area (Å²) < 4.78 is 0. The third-order valence-electron chi connectivity index (χ3n) is 4.67. The zero-order valence-electron chi connectivity index (χ0n) is 11.3. The Morgan fingerprint density at radius 1 is 1.11 bits per heavy atom. The Labute approximate surface area is 113 Å². The first-order valence-electron chi connectivity index (χ1n) is 6.97. The van der Waals surface area contributed by atoms with Crippen LogP contribution in [0.4, 0.5) is 5.69 Å². The molecule has 3 rings (SSSR count). The fourth-order valence-corrected chi connectivity index (χ4v) is 3.46. The van der Waals surface area contributed by atoms with E-state index in [0.29, 0.717) is 25.0 Å². The predicted molar refractivity (Wildman–Crippen MR) is 74.5 cm³/mol. The van der Waals surface area contributed by atoms with Gasteiger partial charge in [0.2, 0.25) is 0 Å². The number of hydrogen-bond donors (Lipinski definition) is 1. The standard InChI is InChI=1S/C16H19NO2/c1-17-12-3-2-11-9-16(6-4-13(18)5-7-16)10-15(19)14(11)8-12/h2-3,8,17H,4-7,9-10H2,1H3. The van der Waals surface area contributed by atoms with E-state index < -0.39 is 0 Å². The molecule has 0 aromatic heterocycles. The van der Waals surface area contributed by atoms with E-state index in [1.54, 1.807) is 0 Å². The molecule has 0 amide bonds. The van der Waals surface area contributed by atoms with Crippen LogP contribution in [0.15, 0.2) is 18.2 Å². The van der Waals surface area contributed by atoms with Crippen LogP contribution >= 0.6 is 0 Å². The minimum absolute atomic E-state index is 0.0547. The first-order chi connectivity index (χ1) is 9.12. The van der Waals surface area contributed by atoms with Gasteiger partial charge in [-0.3, -0.25) is 9.59 Å². The van der Waals surface area contributed by atoms with E-state index in [1.165, 1.54) is 0 Å². The van der Waals surface area contributed by atoms with Crippen molar-refractivity contribution in [3.05, 3.63) is 29.3 Å². The molecule has 1 fully saturated rings. The summed E-state index contributed by atoms with van der Waals surface area (Å²) in [6, 6.07) is 6.05. The number of hydrogen-bond acceptors (Lipinski definition) is 3. The molecular formula is C16H19NO2. The molecule has 0 saturated heterocycles. The van der Waals surface area contributed by atoms with E-state index in [1.807, 2.05) is 19.2 Å². The first kappa shape index (κ1) is 12.4. The maximum atomic E-state index is 12.4. The van der Waals surface area contributed by atoms with E-state index >= 15 is 0 Å². The summed E-state index contributed by atoms with van der Waals surface area (Å²) in [6.45, 7) is 0. The van der Waals surface area contributed by atoms with Crippen LogP contribution in [-0.2, 0) is 11.2 Å². The lowest BCUT2D eigenvalue weighted by molar-refractivity contribution is -0.122. The highest BCUT2D eigenvalue weighted by molar-refractivity contribution is 6.00. The average Bonchev–Trinajstić information content (AvgIpc) is 2.42. The van der Waals surface area contributed by atoms with Gasteiger partial charge in [0.1, 0.15) is 5.78 Å². The van der Waals surface area contributed by atoms with Crippen molar-refractivity contribution in [1.82, 2.24) is 0 Å². The van der Waals surface area contributed by atoms with Gasteiger partial charge >= 0.3 is 0 Å². The zero-order valence-corrected chi connectivity index (χ0v) is 11.3. The molecule has 2 aliphatic rings. The first-order valence-corrected chi connectivity index (χ1v) is 6.97. The second-order valence-corrected chi connectivity index (χ2v) is 5.94. The van der Waals surface area contributed by atoms with E-state index in [0.717, 1.165) is 36.1 Å². The Morgan fingerprint density at radius 2 is 1.84 bits per heavy atom. The van der Waals surface area contributed by atoms with Gasteiger partial charge in [-0.05, 0) is 42.4 Å². The van der Waals surface area contributed by atoms with Gasteiger partial charge in [0.15, 0.2) is 5.78 Å². The lowest BCUT2D eigenvalue weighted by atomic mass is 9.63. The van der Waals surface area contributed by atoms with Gasteiger partial charge in [0.25, 0.3) is 0 Å². The molecule has 1 saturated carbocycles. The van der Waals surface area contributed by atoms with Gasteiger partial charge in [-0.2, -0.15) is 0 Å². The van der Waals surface area contributed by atoms with E-state index in [9.17, 15) is 9.59 Å². The highest BCUT2D eigenvalue weighted by Gasteiger charge is 2.40. The Kier molecular flexibility index (Phi) is 2.92. The van der Waals surface area contributed by atoms with Crippen molar-refractivity contribution < 1.29 is 9.59 Å². The van der Waals surface area contributed by atoms with Crippen molar-refractivity contribution in [1.29, 1.82) is 0 Å². The van der Waals surface area contributed by atoms with Crippen molar-refractivity contribution in [3.8, 4) is 0 Å². The molecule has 19 heavy (non-hydrogen) atoms. The Hall–Kier alpha value is -1.64. The second kappa shape index (κ2) is 4.48. The van der Waals surface area contributed by atoms with Gasteiger partial charge in [-0.15, -0.1) is 0 Å². The van der Waals surface area contributed by atoms with Gasteiger partial charge in [-0.25, -0.2) is 0 Å². The van der Waals surface area contributed by atoms with Crippen molar-refractivity contribution in [3.63, 3.8) is 0 Å². The highest BCUT2D eigenvalue weighted by Crippen LogP contribution is 2.45. The average molecular weight is 257 g/mol. The monoisotopic (exact) mass is 257 g/mol. The second-order valence-electron chi connectivity index (χ2n) is 5.94. The summed E-state index contributed by atoms with van der Waals surface area (Å²) in [7, 11) is 1.86. The molecule has 0 atom stereocenters. The van der Waals surface area contributed by atoms with Crippen LogP contribution in [0.25, 0.3) is 0 Å². The third kappa shape index (κ3) is 2.18. The van der Waals surface area contributed by atoms with E-state index in [4.69, 9.17) is 0 Å². The molecule has 2 aliphatic carbocycles. The Bertz CT molecular complexity index is 538. The van der Waals surface area contributed by atoms with Crippen LogP contribution in [0.3, 0.4) is 0 Å². The van der Waals surface area contributed by atoms with Crippen molar-refractivity contribution in [2.24, 2.45) is 5.41 Å². The number of ketones is 2. The number of carbonyl (C=O) groups is 2. The fraction of sp³-hybridized carbons (Fsp3) is 0.500. The summed E-state index contributed by atoms with van der Waals surface area (Å²) >= 11 is 0. The van der Waals surface area contributed by atoms with Crippen molar-refractivity contribution >= 4 is 17.3 Å². The summed E-state index contributed by atoms with van der Waals surface area (Å²) in [5.41, 5.74) is 3.07. The summed E-state index contributed by atoms with van der Waals surface area (Å²) in [6.07, 6.45) is 4.62. The number of benzene rings is 1. The Morgan fingerprint density at radius 3 is 2.53 bits per heavy atom. The quantitative estimate of drug-likeness (QED) is 0.841. The molecule has 100 valence electrons. The lowest BCUT2D eigenvalue weighted by Gasteiger charge is -2.40. The molecule has 0 unspecified atom stereocenters. The molecule has 3 heteroatoms. The van der Waals surface area contributed by atoms with Crippen molar-refractivity contribution in [2.75, 3.05) is 12.4 Å². The smallest absolute Gasteiger partial charge is 0.163 e. The number of anilines is 1. The van der Waals surface area contributed by atoms with E-state index in [-0.39, 0.29) is 11.2 Å². The molecule has 1 aromatic rings. The fourth-order valence-electron chi connectivity index (χ4n) is 3.46. The van der Waals surface area contributed by atoms with Crippen LogP contribution in [0.2, 0.25) is 0 Å². The number of nitrogens with one attached hydrogen (secondary N) is 1. The molecule has 0 heterocycles.